The van der Waals surface area contributed by atoms with Crippen LogP contribution in [0.1, 0.15) is 30.3 Å². The molecule has 6 nitrogen and oxygen atoms in total. The molecule has 3 heterocycles. The van der Waals surface area contributed by atoms with Gasteiger partial charge in [0.25, 0.3) is 0 Å². The molecule has 0 aliphatic carbocycles. The first kappa shape index (κ1) is 14.6. The van der Waals surface area contributed by atoms with Crippen molar-refractivity contribution in [3.05, 3.63) is 48.3 Å². The SMILES string of the molecule is COC(=O)N1CCC[C@@H](c2nccn2Cc2ccccn2)C1. The van der Waals surface area contributed by atoms with E-state index in [0.717, 1.165) is 30.9 Å². The number of aromatic nitrogens is 3. The Balaban J connectivity index is 1.75. The van der Waals surface area contributed by atoms with Crippen molar-refractivity contribution in [3.63, 3.8) is 0 Å². The Morgan fingerprint density at radius 2 is 2.27 bits per heavy atom. The van der Waals surface area contributed by atoms with Crippen LogP contribution >= 0.6 is 0 Å². The van der Waals surface area contributed by atoms with Crippen LogP contribution in [0, 0.1) is 0 Å². The molecule has 1 fully saturated rings. The van der Waals surface area contributed by atoms with Crippen LogP contribution in [0.2, 0.25) is 0 Å². The molecular weight excluding hydrogens is 280 g/mol. The molecule has 0 spiro atoms. The van der Waals surface area contributed by atoms with E-state index in [1.165, 1.54) is 7.11 Å². The summed E-state index contributed by atoms with van der Waals surface area (Å²) in [6, 6.07) is 5.90. The minimum absolute atomic E-state index is 0.242. The molecule has 0 aromatic carbocycles. The van der Waals surface area contributed by atoms with Gasteiger partial charge in [-0.25, -0.2) is 9.78 Å². The largest absolute Gasteiger partial charge is 0.453 e. The van der Waals surface area contributed by atoms with Crippen LogP contribution < -0.4 is 0 Å². The first-order valence-electron chi connectivity index (χ1n) is 7.51. The highest BCUT2D eigenvalue weighted by Crippen LogP contribution is 2.26. The third kappa shape index (κ3) is 3.10. The summed E-state index contributed by atoms with van der Waals surface area (Å²) in [4.78, 5) is 22.4. The van der Waals surface area contributed by atoms with Gasteiger partial charge in [0.05, 0.1) is 19.3 Å². The van der Waals surface area contributed by atoms with Crippen molar-refractivity contribution in [2.75, 3.05) is 20.2 Å². The second-order valence-corrected chi connectivity index (χ2v) is 5.49. The van der Waals surface area contributed by atoms with Gasteiger partial charge in [0.2, 0.25) is 0 Å². The normalized spacial score (nSPS) is 18.2. The highest BCUT2D eigenvalue weighted by Gasteiger charge is 2.27. The van der Waals surface area contributed by atoms with Crippen LogP contribution in [0.15, 0.2) is 36.8 Å². The molecular formula is C16H20N4O2. The van der Waals surface area contributed by atoms with Crippen molar-refractivity contribution in [3.8, 4) is 0 Å². The van der Waals surface area contributed by atoms with Crippen LogP contribution in [0.4, 0.5) is 4.79 Å². The lowest BCUT2D eigenvalue weighted by Gasteiger charge is -2.31. The second-order valence-electron chi connectivity index (χ2n) is 5.49. The molecule has 116 valence electrons. The third-order valence-electron chi connectivity index (χ3n) is 4.03. The van der Waals surface area contributed by atoms with Gasteiger partial charge in [-0.15, -0.1) is 0 Å². The van der Waals surface area contributed by atoms with Crippen LogP contribution in [-0.4, -0.2) is 45.7 Å². The summed E-state index contributed by atoms with van der Waals surface area (Å²) in [7, 11) is 1.42. The fourth-order valence-corrected chi connectivity index (χ4v) is 2.96. The van der Waals surface area contributed by atoms with Crippen LogP contribution in [0.5, 0.6) is 0 Å². The van der Waals surface area contributed by atoms with Gasteiger partial charge in [-0.05, 0) is 25.0 Å². The van der Waals surface area contributed by atoms with Gasteiger partial charge >= 0.3 is 6.09 Å². The van der Waals surface area contributed by atoms with E-state index < -0.39 is 0 Å². The fourth-order valence-electron chi connectivity index (χ4n) is 2.96. The van der Waals surface area contributed by atoms with E-state index in [1.807, 2.05) is 30.6 Å². The van der Waals surface area contributed by atoms with Crippen LogP contribution in [0.3, 0.4) is 0 Å². The summed E-state index contributed by atoms with van der Waals surface area (Å²) >= 11 is 0. The van der Waals surface area contributed by atoms with Crippen molar-refractivity contribution in [2.24, 2.45) is 0 Å². The average Bonchev–Trinajstić information content (AvgIpc) is 3.03. The molecule has 0 bridgehead atoms. The van der Waals surface area contributed by atoms with Crippen molar-refractivity contribution in [1.82, 2.24) is 19.4 Å². The van der Waals surface area contributed by atoms with Gasteiger partial charge in [-0.2, -0.15) is 0 Å². The quantitative estimate of drug-likeness (QED) is 0.872. The van der Waals surface area contributed by atoms with E-state index in [4.69, 9.17) is 4.74 Å². The number of rotatable bonds is 3. The summed E-state index contributed by atoms with van der Waals surface area (Å²) in [6.45, 7) is 2.11. The van der Waals surface area contributed by atoms with Crippen LogP contribution in [0.25, 0.3) is 0 Å². The predicted molar refractivity (Wildman–Crippen MR) is 81.5 cm³/mol. The molecule has 3 rings (SSSR count). The number of methoxy groups -OCH3 is 1. The number of hydrogen-bond donors (Lipinski definition) is 0. The molecule has 1 atom stereocenters. The molecule has 0 radical (unpaired) electrons. The molecule has 2 aromatic rings. The first-order valence-corrected chi connectivity index (χ1v) is 7.51. The number of piperidine rings is 1. The van der Waals surface area contributed by atoms with Crippen molar-refractivity contribution in [1.29, 1.82) is 0 Å². The zero-order chi connectivity index (χ0) is 15.4. The van der Waals surface area contributed by atoms with E-state index in [0.29, 0.717) is 13.1 Å². The maximum absolute atomic E-state index is 11.7. The molecule has 2 aromatic heterocycles. The molecule has 1 aliphatic rings. The molecule has 0 saturated carbocycles. The Hall–Kier alpha value is -2.37. The molecule has 22 heavy (non-hydrogen) atoms. The number of hydrogen-bond acceptors (Lipinski definition) is 4. The lowest BCUT2D eigenvalue weighted by molar-refractivity contribution is 0.110. The van der Waals surface area contributed by atoms with E-state index >= 15 is 0 Å². The smallest absolute Gasteiger partial charge is 0.409 e. The van der Waals surface area contributed by atoms with Gasteiger partial charge < -0.3 is 14.2 Å². The third-order valence-corrected chi connectivity index (χ3v) is 4.03. The molecule has 0 N–H and O–H groups in total. The zero-order valence-electron chi connectivity index (χ0n) is 12.7. The van der Waals surface area contributed by atoms with Crippen molar-refractivity contribution >= 4 is 6.09 Å². The second kappa shape index (κ2) is 6.60. The Labute approximate surface area is 129 Å². The summed E-state index contributed by atoms with van der Waals surface area (Å²) in [5.74, 6) is 1.26. The zero-order valence-corrected chi connectivity index (χ0v) is 12.7. The first-order chi connectivity index (χ1) is 10.8. The van der Waals surface area contributed by atoms with E-state index in [2.05, 4.69) is 14.5 Å². The van der Waals surface area contributed by atoms with E-state index in [1.54, 1.807) is 11.1 Å². The average molecular weight is 300 g/mol. The maximum Gasteiger partial charge on any atom is 0.409 e. The molecule has 1 saturated heterocycles. The van der Waals surface area contributed by atoms with Gasteiger partial charge in [0, 0.05) is 37.6 Å². The maximum atomic E-state index is 11.7. The Morgan fingerprint density at radius 3 is 3.05 bits per heavy atom. The monoisotopic (exact) mass is 300 g/mol. The highest BCUT2D eigenvalue weighted by atomic mass is 16.5. The number of ether oxygens (including phenoxy) is 1. The topological polar surface area (TPSA) is 60.2 Å². The minimum Gasteiger partial charge on any atom is -0.453 e. The van der Waals surface area contributed by atoms with Crippen molar-refractivity contribution in [2.45, 2.75) is 25.3 Å². The Kier molecular flexibility index (Phi) is 4.37. The lowest BCUT2D eigenvalue weighted by atomic mass is 9.97. The Bertz CT molecular complexity index is 626. The standard InChI is InChI=1S/C16H20N4O2/c1-22-16(21)20-9-4-5-13(11-20)15-18-8-10-19(15)12-14-6-2-3-7-17-14/h2-3,6-8,10,13H,4-5,9,11-12H2,1H3/t13-/m1/s1. The summed E-state index contributed by atoms with van der Waals surface area (Å²) in [5.41, 5.74) is 1.00. The van der Waals surface area contributed by atoms with Crippen LogP contribution in [-0.2, 0) is 11.3 Å². The molecule has 1 aliphatic heterocycles. The number of nitrogens with zero attached hydrogens (tertiary/aromatic N) is 4. The fraction of sp³-hybridized carbons (Fsp3) is 0.438. The number of carbonyl (C=O) groups is 1. The Morgan fingerprint density at radius 1 is 1.36 bits per heavy atom. The molecule has 6 heteroatoms. The minimum atomic E-state index is -0.257. The summed E-state index contributed by atoms with van der Waals surface area (Å²) in [6.07, 6.45) is 7.33. The van der Waals surface area contributed by atoms with Gasteiger partial charge in [-0.3, -0.25) is 4.98 Å². The number of pyridine rings is 1. The molecule has 0 unspecified atom stereocenters. The van der Waals surface area contributed by atoms with E-state index in [-0.39, 0.29) is 12.0 Å². The van der Waals surface area contributed by atoms with Gasteiger partial charge in [0.15, 0.2) is 0 Å². The van der Waals surface area contributed by atoms with Crippen molar-refractivity contribution < 1.29 is 9.53 Å². The van der Waals surface area contributed by atoms with E-state index in [9.17, 15) is 4.79 Å². The van der Waals surface area contributed by atoms with Gasteiger partial charge in [0.1, 0.15) is 5.82 Å². The molecule has 1 amide bonds. The number of carbonyl (C=O) groups excluding carboxylic acids is 1. The predicted octanol–water partition coefficient (Wildman–Crippen LogP) is 2.27. The number of imidazole rings is 1. The lowest BCUT2D eigenvalue weighted by Crippen LogP contribution is -2.39. The van der Waals surface area contributed by atoms with Gasteiger partial charge in [-0.1, -0.05) is 6.07 Å². The summed E-state index contributed by atoms with van der Waals surface area (Å²) < 4.78 is 6.95. The number of amides is 1. The number of likely N-dealkylation sites (tertiary alicyclic amines) is 1. The highest BCUT2D eigenvalue weighted by molar-refractivity contribution is 5.67. The summed E-state index contributed by atoms with van der Waals surface area (Å²) in [5, 5.41) is 0.